The van der Waals surface area contributed by atoms with Crippen LogP contribution in [0, 0.1) is 6.92 Å². The van der Waals surface area contributed by atoms with Crippen molar-refractivity contribution in [1.82, 2.24) is 19.5 Å². The minimum atomic E-state index is -3.51. The number of benzene rings is 2. The average Bonchev–Trinajstić information content (AvgIpc) is 3.14. The minimum Gasteiger partial charge on any atom is -0.497 e. The second-order valence-corrected chi connectivity index (χ2v) is 9.17. The van der Waals surface area contributed by atoms with E-state index in [0.717, 1.165) is 27.9 Å². The highest BCUT2D eigenvalue weighted by Gasteiger charge is 2.15. The van der Waals surface area contributed by atoms with Gasteiger partial charge in [-0.2, -0.15) is 0 Å². The summed E-state index contributed by atoms with van der Waals surface area (Å²) in [5.74, 6) is 2.11. The van der Waals surface area contributed by atoms with Crippen molar-refractivity contribution in [2.24, 2.45) is 0 Å². The Hall–Kier alpha value is -2.36. The Kier molecular flexibility index (Phi) is 6.94. The van der Waals surface area contributed by atoms with E-state index in [0.29, 0.717) is 18.8 Å². The fraction of sp³-hybridized carbons (Fsp3) is 0.300. The van der Waals surface area contributed by atoms with Gasteiger partial charge in [0.2, 0.25) is 10.0 Å². The summed E-state index contributed by atoms with van der Waals surface area (Å²) in [6.07, 6.45) is 0. The molecule has 3 rings (SSSR count). The first-order chi connectivity index (χ1) is 13.9. The van der Waals surface area contributed by atoms with Gasteiger partial charge in [-0.25, -0.2) is 13.1 Å². The van der Waals surface area contributed by atoms with Crippen LogP contribution in [0.25, 0.3) is 11.4 Å². The maximum absolute atomic E-state index is 12.4. The van der Waals surface area contributed by atoms with Crippen LogP contribution in [-0.2, 0) is 16.6 Å². The summed E-state index contributed by atoms with van der Waals surface area (Å²) in [5.41, 5.74) is 1.97. The molecule has 29 heavy (non-hydrogen) atoms. The van der Waals surface area contributed by atoms with E-state index in [1.807, 2.05) is 42.7 Å². The van der Waals surface area contributed by atoms with Gasteiger partial charge < -0.3 is 9.30 Å². The van der Waals surface area contributed by atoms with Crippen molar-refractivity contribution in [3.8, 4) is 17.1 Å². The molecule has 0 aliphatic carbocycles. The predicted octanol–water partition coefficient (Wildman–Crippen LogP) is 3.35. The molecule has 0 unspecified atom stereocenters. The van der Waals surface area contributed by atoms with E-state index in [9.17, 15) is 8.42 Å². The topological polar surface area (TPSA) is 86.1 Å². The smallest absolute Gasteiger partial charge is 0.240 e. The fourth-order valence-corrected chi connectivity index (χ4v) is 4.77. The highest BCUT2D eigenvalue weighted by atomic mass is 32.2. The van der Waals surface area contributed by atoms with Gasteiger partial charge in [0.15, 0.2) is 11.0 Å². The van der Waals surface area contributed by atoms with E-state index in [-0.39, 0.29) is 4.90 Å². The average molecular weight is 433 g/mol. The molecule has 1 N–H and O–H groups in total. The third kappa shape index (κ3) is 5.17. The lowest BCUT2D eigenvalue weighted by molar-refractivity contribution is 0.415. The molecule has 3 aromatic rings. The Morgan fingerprint density at radius 1 is 1.07 bits per heavy atom. The third-order valence-corrected chi connectivity index (χ3v) is 6.78. The number of nitrogens with zero attached hydrogens (tertiary/aromatic N) is 3. The van der Waals surface area contributed by atoms with Crippen molar-refractivity contribution in [3.63, 3.8) is 0 Å². The van der Waals surface area contributed by atoms with Gasteiger partial charge in [-0.05, 0) is 50.2 Å². The molecule has 0 saturated heterocycles. The number of ether oxygens (including phenoxy) is 1. The number of aryl methyl sites for hydroxylation is 1. The van der Waals surface area contributed by atoms with Crippen molar-refractivity contribution < 1.29 is 13.2 Å². The highest BCUT2D eigenvalue weighted by molar-refractivity contribution is 7.99. The molecule has 0 aliphatic rings. The maximum atomic E-state index is 12.4. The van der Waals surface area contributed by atoms with E-state index in [1.165, 1.54) is 11.8 Å². The number of sulfonamides is 1. The van der Waals surface area contributed by atoms with E-state index in [2.05, 4.69) is 14.9 Å². The molecule has 1 heterocycles. The lowest BCUT2D eigenvalue weighted by Crippen LogP contribution is -2.26. The lowest BCUT2D eigenvalue weighted by atomic mass is 10.2. The number of thioether (sulfide) groups is 1. The number of rotatable bonds is 9. The van der Waals surface area contributed by atoms with Crippen molar-refractivity contribution >= 4 is 21.8 Å². The summed E-state index contributed by atoms with van der Waals surface area (Å²) < 4.78 is 34.6. The summed E-state index contributed by atoms with van der Waals surface area (Å²) in [7, 11) is -1.88. The molecule has 0 radical (unpaired) electrons. The Bertz CT molecular complexity index is 1050. The molecular weight excluding hydrogens is 408 g/mol. The maximum Gasteiger partial charge on any atom is 0.240 e. The summed E-state index contributed by atoms with van der Waals surface area (Å²) in [4.78, 5) is 0.270. The van der Waals surface area contributed by atoms with Gasteiger partial charge in [-0.1, -0.05) is 29.5 Å². The molecule has 9 heteroatoms. The Morgan fingerprint density at radius 3 is 2.38 bits per heavy atom. The van der Waals surface area contributed by atoms with Crippen LogP contribution in [0.5, 0.6) is 5.75 Å². The molecule has 0 bridgehead atoms. The molecule has 2 aromatic carbocycles. The van der Waals surface area contributed by atoms with Crippen LogP contribution in [0.3, 0.4) is 0 Å². The van der Waals surface area contributed by atoms with Gasteiger partial charge in [0.1, 0.15) is 5.75 Å². The normalized spacial score (nSPS) is 11.6. The van der Waals surface area contributed by atoms with Crippen molar-refractivity contribution in [3.05, 3.63) is 54.1 Å². The van der Waals surface area contributed by atoms with Crippen molar-refractivity contribution in [2.45, 2.75) is 30.4 Å². The van der Waals surface area contributed by atoms with Gasteiger partial charge in [-0.3, -0.25) is 0 Å². The molecule has 0 fully saturated rings. The van der Waals surface area contributed by atoms with Crippen LogP contribution in [0.15, 0.2) is 58.6 Å². The second kappa shape index (κ2) is 9.43. The molecule has 0 aliphatic heterocycles. The van der Waals surface area contributed by atoms with Crippen LogP contribution in [0.2, 0.25) is 0 Å². The van der Waals surface area contributed by atoms with Crippen molar-refractivity contribution in [2.75, 3.05) is 19.4 Å². The van der Waals surface area contributed by atoms with Crippen LogP contribution in [0.1, 0.15) is 12.5 Å². The first-order valence-electron chi connectivity index (χ1n) is 9.21. The predicted molar refractivity (Wildman–Crippen MR) is 115 cm³/mol. The number of hydrogen-bond donors (Lipinski definition) is 1. The van der Waals surface area contributed by atoms with Crippen LogP contribution in [-0.4, -0.2) is 42.6 Å². The van der Waals surface area contributed by atoms with Crippen LogP contribution in [0.4, 0.5) is 0 Å². The third-order valence-electron chi connectivity index (χ3n) is 4.34. The second-order valence-electron chi connectivity index (χ2n) is 6.34. The fourth-order valence-electron chi connectivity index (χ4n) is 2.75. The molecule has 0 atom stereocenters. The minimum absolute atomic E-state index is 0.270. The van der Waals surface area contributed by atoms with E-state index < -0.39 is 10.0 Å². The van der Waals surface area contributed by atoms with E-state index in [4.69, 9.17) is 4.74 Å². The van der Waals surface area contributed by atoms with Crippen LogP contribution < -0.4 is 9.46 Å². The van der Waals surface area contributed by atoms with Crippen molar-refractivity contribution in [1.29, 1.82) is 0 Å². The van der Waals surface area contributed by atoms with Crippen LogP contribution >= 0.6 is 11.8 Å². The van der Waals surface area contributed by atoms with E-state index in [1.54, 1.807) is 31.4 Å². The quantitative estimate of drug-likeness (QED) is 0.412. The zero-order valence-electron chi connectivity index (χ0n) is 16.6. The van der Waals surface area contributed by atoms with Gasteiger partial charge >= 0.3 is 0 Å². The van der Waals surface area contributed by atoms with Gasteiger partial charge in [0.25, 0.3) is 0 Å². The largest absolute Gasteiger partial charge is 0.497 e. The Balaban J connectivity index is 1.62. The van der Waals surface area contributed by atoms with Gasteiger partial charge in [0, 0.05) is 24.4 Å². The summed E-state index contributed by atoms with van der Waals surface area (Å²) >= 11 is 1.47. The molecule has 0 spiro atoms. The Labute approximate surface area is 175 Å². The van der Waals surface area contributed by atoms with E-state index >= 15 is 0 Å². The number of aromatic nitrogens is 3. The molecule has 0 amide bonds. The SMILES string of the molecule is CCn1c(SCCNS(=O)(=O)c2ccc(C)cc2)nnc1-c1ccc(OC)cc1. The summed E-state index contributed by atoms with van der Waals surface area (Å²) in [6, 6.07) is 14.5. The number of methoxy groups -OCH3 is 1. The van der Waals surface area contributed by atoms with Gasteiger partial charge in [-0.15, -0.1) is 10.2 Å². The Morgan fingerprint density at radius 2 is 1.76 bits per heavy atom. The number of nitrogens with one attached hydrogen (secondary N) is 1. The number of hydrogen-bond acceptors (Lipinski definition) is 6. The molecule has 1 aromatic heterocycles. The zero-order chi connectivity index (χ0) is 20.9. The summed E-state index contributed by atoms with van der Waals surface area (Å²) in [5, 5.41) is 9.34. The lowest BCUT2D eigenvalue weighted by Gasteiger charge is -2.09. The first-order valence-corrected chi connectivity index (χ1v) is 11.7. The first kappa shape index (κ1) is 21.4. The monoisotopic (exact) mass is 432 g/mol. The molecule has 154 valence electrons. The molecule has 0 saturated carbocycles. The molecule has 7 nitrogen and oxygen atoms in total. The zero-order valence-corrected chi connectivity index (χ0v) is 18.3. The standard InChI is InChI=1S/C20H24N4O3S2/c1-4-24-19(16-7-9-17(27-3)10-8-16)22-23-20(24)28-14-13-21-29(25,26)18-11-5-15(2)6-12-18/h5-12,21H,4,13-14H2,1-3H3. The van der Waals surface area contributed by atoms with Gasteiger partial charge in [0.05, 0.1) is 12.0 Å². The highest BCUT2D eigenvalue weighted by Crippen LogP contribution is 2.25. The summed E-state index contributed by atoms with van der Waals surface area (Å²) in [6.45, 7) is 4.96. The molecular formula is C20H24N4O3S2.